The van der Waals surface area contributed by atoms with Gasteiger partial charge in [0, 0.05) is 25.6 Å². The fraction of sp³-hybridized carbons (Fsp3) is 0.500. The zero-order chi connectivity index (χ0) is 13.0. The molecule has 0 atom stereocenters. The van der Waals surface area contributed by atoms with Gasteiger partial charge in [-0.05, 0) is 30.5 Å². The highest BCUT2D eigenvalue weighted by Gasteiger charge is 2.28. The molecule has 1 aliphatic rings. The lowest BCUT2D eigenvalue weighted by Crippen LogP contribution is -2.26. The second-order valence-corrected chi connectivity index (χ2v) is 4.69. The minimum atomic E-state index is 0.585. The van der Waals surface area contributed by atoms with Gasteiger partial charge in [0.2, 0.25) is 0 Å². The minimum Gasteiger partial charge on any atom is -0.495 e. The van der Waals surface area contributed by atoms with Crippen molar-refractivity contribution in [3.8, 4) is 11.8 Å². The lowest BCUT2D eigenvalue weighted by molar-refractivity contribution is 0.261. The van der Waals surface area contributed by atoms with Gasteiger partial charge < -0.3 is 10.5 Å². The van der Waals surface area contributed by atoms with E-state index in [2.05, 4.69) is 11.0 Å². The molecule has 1 aliphatic carbocycles. The Labute approximate surface area is 108 Å². The zero-order valence-electron chi connectivity index (χ0n) is 10.7. The van der Waals surface area contributed by atoms with Crippen LogP contribution >= 0.6 is 0 Å². The molecular weight excluding hydrogens is 226 g/mol. The molecule has 0 bridgehead atoms. The maximum atomic E-state index is 8.68. The van der Waals surface area contributed by atoms with E-state index >= 15 is 0 Å². The van der Waals surface area contributed by atoms with Crippen LogP contribution in [0.25, 0.3) is 0 Å². The molecule has 1 saturated carbocycles. The van der Waals surface area contributed by atoms with Crippen molar-refractivity contribution in [1.82, 2.24) is 4.90 Å². The van der Waals surface area contributed by atoms with Gasteiger partial charge >= 0.3 is 0 Å². The molecular formula is C14H19N3O. The molecule has 0 heterocycles. The summed E-state index contributed by atoms with van der Waals surface area (Å²) in [5.74, 6) is 0.716. The molecule has 1 aromatic rings. The lowest BCUT2D eigenvalue weighted by atomic mass is 10.1. The summed E-state index contributed by atoms with van der Waals surface area (Å²) in [6.45, 7) is 1.70. The molecule has 0 radical (unpaired) electrons. The predicted octanol–water partition coefficient (Wildman–Crippen LogP) is 2.16. The normalized spacial score (nSPS) is 14.5. The second kappa shape index (κ2) is 5.74. The lowest BCUT2D eigenvalue weighted by Gasteiger charge is -2.21. The summed E-state index contributed by atoms with van der Waals surface area (Å²) in [5, 5.41) is 8.68. The van der Waals surface area contributed by atoms with Gasteiger partial charge in [0.05, 0.1) is 18.9 Å². The molecule has 0 aromatic heterocycles. The van der Waals surface area contributed by atoms with Crippen LogP contribution in [0.3, 0.4) is 0 Å². The first kappa shape index (κ1) is 12.7. The summed E-state index contributed by atoms with van der Waals surface area (Å²) in [7, 11) is 1.62. The first-order chi connectivity index (χ1) is 8.74. The monoisotopic (exact) mass is 245 g/mol. The summed E-state index contributed by atoms with van der Waals surface area (Å²) in [6, 6.07) is 8.76. The molecule has 18 heavy (non-hydrogen) atoms. The number of nitrogens with two attached hydrogens (primary N) is 1. The van der Waals surface area contributed by atoms with E-state index in [1.807, 2.05) is 18.2 Å². The molecule has 96 valence electrons. The van der Waals surface area contributed by atoms with Crippen molar-refractivity contribution in [3.63, 3.8) is 0 Å². The number of rotatable bonds is 6. The van der Waals surface area contributed by atoms with Gasteiger partial charge in [-0.1, -0.05) is 6.07 Å². The molecule has 0 aliphatic heterocycles. The summed E-state index contributed by atoms with van der Waals surface area (Å²) in [6.07, 6.45) is 3.08. The highest BCUT2D eigenvalue weighted by Crippen LogP contribution is 2.29. The Balaban J connectivity index is 2.02. The van der Waals surface area contributed by atoms with Gasteiger partial charge in [-0.3, -0.25) is 4.90 Å². The number of methoxy groups -OCH3 is 1. The van der Waals surface area contributed by atoms with Gasteiger partial charge in [0.25, 0.3) is 0 Å². The Hall–Kier alpha value is -1.73. The largest absolute Gasteiger partial charge is 0.495 e. The van der Waals surface area contributed by atoms with E-state index in [4.69, 9.17) is 15.7 Å². The summed E-state index contributed by atoms with van der Waals surface area (Å²) >= 11 is 0. The fourth-order valence-corrected chi connectivity index (χ4v) is 2.14. The zero-order valence-corrected chi connectivity index (χ0v) is 10.7. The number of hydrogen-bond donors (Lipinski definition) is 1. The number of nitrogen functional groups attached to an aromatic ring is 1. The highest BCUT2D eigenvalue weighted by molar-refractivity contribution is 5.54. The number of nitrogens with zero attached hydrogens (tertiary/aromatic N) is 2. The summed E-state index contributed by atoms with van der Waals surface area (Å²) < 4.78 is 5.15. The fourth-order valence-electron chi connectivity index (χ4n) is 2.14. The van der Waals surface area contributed by atoms with Crippen molar-refractivity contribution in [1.29, 1.82) is 5.26 Å². The van der Waals surface area contributed by atoms with Crippen LogP contribution in [0.4, 0.5) is 5.69 Å². The van der Waals surface area contributed by atoms with Crippen LogP contribution in [-0.4, -0.2) is 24.6 Å². The maximum Gasteiger partial charge on any atom is 0.141 e. The van der Waals surface area contributed by atoms with E-state index in [0.717, 1.165) is 13.1 Å². The van der Waals surface area contributed by atoms with E-state index in [1.165, 1.54) is 18.4 Å². The first-order valence-corrected chi connectivity index (χ1v) is 6.28. The Bertz CT molecular complexity index is 449. The van der Waals surface area contributed by atoms with E-state index in [0.29, 0.717) is 23.9 Å². The van der Waals surface area contributed by atoms with E-state index < -0.39 is 0 Å². The summed E-state index contributed by atoms with van der Waals surface area (Å²) in [4.78, 5) is 2.37. The average molecular weight is 245 g/mol. The van der Waals surface area contributed by atoms with Gasteiger partial charge in [-0.2, -0.15) is 5.26 Å². The van der Waals surface area contributed by atoms with Crippen LogP contribution in [0, 0.1) is 11.3 Å². The number of anilines is 1. The highest BCUT2D eigenvalue weighted by atomic mass is 16.5. The maximum absolute atomic E-state index is 8.68. The Morgan fingerprint density at radius 3 is 2.83 bits per heavy atom. The van der Waals surface area contributed by atoms with Gasteiger partial charge in [-0.15, -0.1) is 0 Å². The van der Waals surface area contributed by atoms with Gasteiger partial charge in [0.1, 0.15) is 5.75 Å². The molecule has 4 nitrogen and oxygen atoms in total. The molecule has 1 fully saturated rings. The van der Waals surface area contributed by atoms with Crippen molar-refractivity contribution >= 4 is 5.69 Å². The molecule has 1 aromatic carbocycles. The standard InChI is InChI=1S/C14H19N3O/c1-18-14-6-3-11(9-13(14)16)10-17(8-2-7-15)12-4-5-12/h3,6,9,12H,2,4-5,8,10,16H2,1H3. The van der Waals surface area contributed by atoms with Crippen LogP contribution in [0.1, 0.15) is 24.8 Å². The van der Waals surface area contributed by atoms with E-state index in [-0.39, 0.29) is 0 Å². The van der Waals surface area contributed by atoms with Gasteiger partial charge in [0.15, 0.2) is 0 Å². The Kier molecular flexibility index (Phi) is 4.06. The average Bonchev–Trinajstić information content (AvgIpc) is 3.19. The smallest absolute Gasteiger partial charge is 0.141 e. The van der Waals surface area contributed by atoms with E-state index in [9.17, 15) is 0 Å². The third-order valence-corrected chi connectivity index (χ3v) is 3.25. The van der Waals surface area contributed by atoms with Crippen molar-refractivity contribution in [2.75, 3.05) is 19.4 Å². The number of nitriles is 1. The molecule has 4 heteroatoms. The first-order valence-electron chi connectivity index (χ1n) is 6.28. The van der Waals surface area contributed by atoms with Crippen LogP contribution in [0.2, 0.25) is 0 Å². The van der Waals surface area contributed by atoms with Crippen LogP contribution in [-0.2, 0) is 6.54 Å². The van der Waals surface area contributed by atoms with Crippen molar-refractivity contribution in [2.45, 2.75) is 31.8 Å². The van der Waals surface area contributed by atoms with Crippen LogP contribution in [0.5, 0.6) is 5.75 Å². The van der Waals surface area contributed by atoms with Crippen molar-refractivity contribution in [3.05, 3.63) is 23.8 Å². The quantitative estimate of drug-likeness (QED) is 0.780. The molecule has 0 spiro atoms. The third kappa shape index (κ3) is 3.14. The molecule has 0 unspecified atom stereocenters. The minimum absolute atomic E-state index is 0.585. The molecule has 2 rings (SSSR count). The van der Waals surface area contributed by atoms with Crippen LogP contribution < -0.4 is 10.5 Å². The Morgan fingerprint density at radius 1 is 1.50 bits per heavy atom. The molecule has 0 saturated heterocycles. The summed E-state index contributed by atoms with van der Waals surface area (Å²) in [5.41, 5.74) is 7.75. The van der Waals surface area contributed by atoms with Gasteiger partial charge in [-0.25, -0.2) is 0 Å². The SMILES string of the molecule is COc1ccc(CN(CCC#N)C2CC2)cc1N. The topological polar surface area (TPSA) is 62.3 Å². The van der Waals surface area contributed by atoms with Crippen LogP contribution in [0.15, 0.2) is 18.2 Å². The molecule has 2 N–H and O–H groups in total. The number of benzene rings is 1. The predicted molar refractivity (Wildman–Crippen MR) is 71.1 cm³/mol. The van der Waals surface area contributed by atoms with Crippen molar-refractivity contribution < 1.29 is 4.74 Å². The number of ether oxygens (including phenoxy) is 1. The third-order valence-electron chi connectivity index (χ3n) is 3.25. The molecule has 0 amide bonds. The Morgan fingerprint density at radius 2 is 2.28 bits per heavy atom. The number of hydrogen-bond acceptors (Lipinski definition) is 4. The van der Waals surface area contributed by atoms with Crippen molar-refractivity contribution in [2.24, 2.45) is 0 Å². The second-order valence-electron chi connectivity index (χ2n) is 4.69. The van der Waals surface area contributed by atoms with E-state index in [1.54, 1.807) is 7.11 Å².